The number of aromatic nitrogens is 2. The third-order valence-corrected chi connectivity index (χ3v) is 7.54. The Bertz CT molecular complexity index is 1250. The van der Waals surface area contributed by atoms with Gasteiger partial charge >= 0.3 is 0 Å². The molecular weight excluding hydrogens is 448 g/mol. The number of hydrogen-bond donors (Lipinski definition) is 2. The molecule has 168 valence electrons. The smallest absolute Gasteiger partial charge is 0.262 e. The van der Waals surface area contributed by atoms with Crippen LogP contribution in [-0.4, -0.2) is 40.8 Å². The van der Waals surface area contributed by atoms with Crippen molar-refractivity contribution in [1.29, 1.82) is 0 Å². The molecule has 1 atom stereocenters. The van der Waals surface area contributed by atoms with Crippen molar-refractivity contribution in [2.24, 2.45) is 5.73 Å². The zero-order valence-electron chi connectivity index (χ0n) is 17.8. The monoisotopic (exact) mass is 472 g/mol. The molecular formula is C22H24N4O4S2. The number of anilines is 1. The second-order valence-corrected chi connectivity index (χ2v) is 9.70. The maximum Gasteiger partial charge on any atom is 0.262 e. The Morgan fingerprint density at radius 1 is 1.34 bits per heavy atom. The number of hydrogen-bond acceptors (Lipinski definition) is 7. The highest BCUT2D eigenvalue weighted by molar-refractivity contribution is 7.99. The number of rotatable bonds is 8. The minimum absolute atomic E-state index is 0.0330. The van der Waals surface area contributed by atoms with Gasteiger partial charge in [-0.25, -0.2) is 4.98 Å². The first-order valence-corrected chi connectivity index (χ1v) is 12.1. The summed E-state index contributed by atoms with van der Waals surface area (Å²) < 4.78 is 6.80. The van der Waals surface area contributed by atoms with Crippen molar-refractivity contribution in [2.45, 2.75) is 37.4 Å². The van der Waals surface area contributed by atoms with Gasteiger partial charge in [-0.1, -0.05) is 23.9 Å². The highest BCUT2D eigenvalue weighted by Gasteiger charge is 2.26. The highest BCUT2D eigenvalue weighted by atomic mass is 32.2. The third kappa shape index (κ3) is 4.30. The zero-order valence-corrected chi connectivity index (χ0v) is 19.5. The van der Waals surface area contributed by atoms with Crippen LogP contribution in [0.2, 0.25) is 0 Å². The summed E-state index contributed by atoms with van der Waals surface area (Å²) in [6, 6.07) is 6.88. The summed E-state index contributed by atoms with van der Waals surface area (Å²) in [6.45, 7) is 2.21. The predicted octanol–water partition coefficient (Wildman–Crippen LogP) is 2.98. The van der Waals surface area contributed by atoms with E-state index in [9.17, 15) is 14.4 Å². The number of nitrogens with two attached hydrogens (primary N) is 1. The van der Waals surface area contributed by atoms with Crippen LogP contribution in [-0.2, 0) is 22.4 Å². The molecule has 0 unspecified atom stereocenters. The van der Waals surface area contributed by atoms with Crippen LogP contribution in [0.1, 0.15) is 40.2 Å². The molecule has 4 rings (SSSR count). The molecule has 1 aromatic carbocycles. The van der Waals surface area contributed by atoms with Gasteiger partial charge in [0.05, 0.1) is 34.9 Å². The van der Waals surface area contributed by atoms with E-state index >= 15 is 0 Å². The minimum Gasteiger partial charge on any atom is -0.383 e. The van der Waals surface area contributed by atoms with Crippen molar-refractivity contribution < 1.29 is 14.3 Å². The number of fused-ring (bicyclic) bond motifs is 2. The number of nitrogens with one attached hydrogen (secondary N) is 1. The normalized spacial score (nSPS) is 13.8. The van der Waals surface area contributed by atoms with E-state index in [4.69, 9.17) is 10.5 Å². The van der Waals surface area contributed by atoms with E-state index in [0.29, 0.717) is 33.2 Å². The fourth-order valence-electron chi connectivity index (χ4n) is 3.98. The van der Waals surface area contributed by atoms with Gasteiger partial charge in [-0.3, -0.25) is 19.0 Å². The first kappa shape index (κ1) is 22.5. The van der Waals surface area contributed by atoms with Crippen LogP contribution in [0.25, 0.3) is 10.9 Å². The van der Waals surface area contributed by atoms with Gasteiger partial charge in [0.15, 0.2) is 5.16 Å². The highest BCUT2D eigenvalue weighted by Crippen LogP contribution is 2.39. The summed E-state index contributed by atoms with van der Waals surface area (Å²) in [4.78, 5) is 43.5. The van der Waals surface area contributed by atoms with Crippen molar-refractivity contribution in [1.82, 2.24) is 9.55 Å². The molecule has 0 fully saturated rings. The van der Waals surface area contributed by atoms with Crippen LogP contribution in [0.4, 0.5) is 5.00 Å². The lowest BCUT2D eigenvalue weighted by Gasteiger charge is -2.18. The van der Waals surface area contributed by atoms with Crippen molar-refractivity contribution in [3.8, 4) is 0 Å². The standard InChI is InChI=1S/C22H24N4O4S2/c1-12(10-30-2)26-21(29)13-6-3-4-8-15(13)24-22(26)31-11-17(27)25-20-18(19(23)28)14-7-5-9-16(14)32-20/h3-4,6,8,12H,5,7,9-11H2,1-2H3,(H2,23,28)(H,25,27)/t12-/m0/s1. The summed E-state index contributed by atoms with van der Waals surface area (Å²) in [7, 11) is 1.57. The van der Waals surface area contributed by atoms with Crippen molar-refractivity contribution in [2.75, 3.05) is 24.8 Å². The van der Waals surface area contributed by atoms with E-state index in [-0.39, 0.29) is 23.3 Å². The number of carbonyl (C=O) groups is 2. The van der Waals surface area contributed by atoms with E-state index < -0.39 is 5.91 Å². The predicted molar refractivity (Wildman–Crippen MR) is 127 cm³/mol. The van der Waals surface area contributed by atoms with E-state index in [2.05, 4.69) is 10.3 Å². The number of ether oxygens (including phenoxy) is 1. The lowest BCUT2D eigenvalue weighted by atomic mass is 10.1. The fourth-order valence-corrected chi connectivity index (χ4v) is 6.19. The number of aryl methyl sites for hydroxylation is 1. The summed E-state index contributed by atoms with van der Waals surface area (Å²) in [5.41, 5.74) is 7.37. The average Bonchev–Trinajstić information content (AvgIpc) is 3.33. The van der Waals surface area contributed by atoms with Crippen LogP contribution < -0.4 is 16.6 Å². The summed E-state index contributed by atoms with van der Waals surface area (Å²) in [5, 5.41) is 4.30. The number of amides is 2. The van der Waals surface area contributed by atoms with Gasteiger partial charge in [0, 0.05) is 12.0 Å². The lowest BCUT2D eigenvalue weighted by Crippen LogP contribution is -2.29. The number of methoxy groups -OCH3 is 1. The number of carbonyl (C=O) groups excluding carboxylic acids is 2. The lowest BCUT2D eigenvalue weighted by molar-refractivity contribution is -0.113. The number of nitrogens with zero attached hydrogens (tertiary/aromatic N) is 2. The molecule has 0 spiro atoms. The molecule has 0 aliphatic heterocycles. The Labute approximate surface area is 193 Å². The molecule has 0 saturated heterocycles. The van der Waals surface area contributed by atoms with Crippen LogP contribution in [0.3, 0.4) is 0 Å². The molecule has 0 saturated carbocycles. The van der Waals surface area contributed by atoms with Crippen LogP contribution in [0, 0.1) is 0 Å². The molecule has 3 aromatic rings. The molecule has 0 radical (unpaired) electrons. The largest absolute Gasteiger partial charge is 0.383 e. The number of para-hydroxylation sites is 1. The van der Waals surface area contributed by atoms with Crippen molar-refractivity contribution >= 4 is 50.8 Å². The maximum atomic E-state index is 13.1. The second-order valence-electron chi connectivity index (χ2n) is 7.65. The quantitative estimate of drug-likeness (QED) is 0.385. The summed E-state index contributed by atoms with van der Waals surface area (Å²) in [6.07, 6.45) is 2.70. The Kier molecular flexibility index (Phi) is 6.63. The van der Waals surface area contributed by atoms with Crippen molar-refractivity contribution in [3.05, 3.63) is 50.6 Å². The SMILES string of the molecule is COC[C@H](C)n1c(SCC(=O)Nc2sc3c(c2C(N)=O)CCC3)nc2ccccc2c1=O. The zero-order chi connectivity index (χ0) is 22.8. The van der Waals surface area contributed by atoms with E-state index in [0.717, 1.165) is 29.7 Å². The van der Waals surface area contributed by atoms with E-state index in [1.807, 2.05) is 13.0 Å². The molecule has 8 nitrogen and oxygen atoms in total. The topological polar surface area (TPSA) is 116 Å². The minimum atomic E-state index is -0.522. The summed E-state index contributed by atoms with van der Waals surface area (Å²) in [5.74, 6) is -0.776. The number of thioether (sulfide) groups is 1. The van der Waals surface area contributed by atoms with Crippen LogP contribution >= 0.6 is 23.1 Å². The van der Waals surface area contributed by atoms with Crippen LogP contribution in [0.5, 0.6) is 0 Å². The molecule has 2 amide bonds. The van der Waals surface area contributed by atoms with E-state index in [1.165, 1.54) is 23.1 Å². The van der Waals surface area contributed by atoms with Gasteiger partial charge in [0.1, 0.15) is 5.00 Å². The van der Waals surface area contributed by atoms with Gasteiger partial charge in [-0.2, -0.15) is 0 Å². The Morgan fingerprint density at radius 2 is 2.12 bits per heavy atom. The van der Waals surface area contributed by atoms with Crippen molar-refractivity contribution in [3.63, 3.8) is 0 Å². The average molecular weight is 473 g/mol. The molecule has 10 heteroatoms. The second kappa shape index (κ2) is 9.43. The third-order valence-electron chi connectivity index (χ3n) is 5.38. The molecule has 1 aliphatic rings. The molecule has 32 heavy (non-hydrogen) atoms. The Balaban J connectivity index is 1.58. The number of primary amides is 1. The van der Waals surface area contributed by atoms with Gasteiger partial charge in [0.2, 0.25) is 5.91 Å². The fraction of sp³-hybridized carbons (Fsp3) is 0.364. The van der Waals surface area contributed by atoms with Gasteiger partial charge < -0.3 is 15.8 Å². The van der Waals surface area contributed by atoms with Gasteiger partial charge in [-0.15, -0.1) is 11.3 Å². The Morgan fingerprint density at radius 3 is 2.88 bits per heavy atom. The summed E-state index contributed by atoms with van der Waals surface area (Å²) >= 11 is 2.59. The Hall–Kier alpha value is -2.69. The van der Waals surface area contributed by atoms with Gasteiger partial charge in [0.25, 0.3) is 11.5 Å². The number of benzene rings is 1. The van der Waals surface area contributed by atoms with E-state index in [1.54, 1.807) is 29.9 Å². The molecule has 3 N–H and O–H groups in total. The first-order valence-electron chi connectivity index (χ1n) is 10.3. The van der Waals surface area contributed by atoms with Crippen LogP contribution in [0.15, 0.2) is 34.2 Å². The van der Waals surface area contributed by atoms with Gasteiger partial charge in [-0.05, 0) is 43.9 Å². The molecule has 1 aliphatic carbocycles. The molecule has 2 aromatic heterocycles. The molecule has 0 bridgehead atoms. The molecule has 2 heterocycles. The number of thiophene rings is 1. The first-order chi connectivity index (χ1) is 15.4. The maximum absolute atomic E-state index is 13.1.